The molecule has 5 nitrogen and oxygen atoms in total. The number of fused-ring (bicyclic) bond motifs is 1. The van der Waals surface area contributed by atoms with Crippen LogP contribution in [-0.2, 0) is 11.3 Å². The smallest absolute Gasteiger partial charge is 0.263 e. The van der Waals surface area contributed by atoms with Gasteiger partial charge >= 0.3 is 0 Å². The Hall–Kier alpha value is -2.10. The predicted octanol–water partition coefficient (Wildman–Crippen LogP) is 6.80. The Labute approximate surface area is 206 Å². The third-order valence-electron chi connectivity index (χ3n) is 4.62. The highest BCUT2D eigenvalue weighted by Crippen LogP contribution is 2.35. The van der Waals surface area contributed by atoms with Crippen molar-refractivity contribution >= 4 is 79.4 Å². The number of halogens is 2. The van der Waals surface area contributed by atoms with E-state index in [1.54, 1.807) is 47.1 Å². The maximum Gasteiger partial charge on any atom is 0.263 e. The maximum atomic E-state index is 13.4. The molecule has 1 aromatic carbocycles. The van der Waals surface area contributed by atoms with E-state index < -0.39 is 5.25 Å². The van der Waals surface area contributed by atoms with E-state index >= 15 is 0 Å². The summed E-state index contributed by atoms with van der Waals surface area (Å²) in [5, 5.41) is 7.87. The lowest BCUT2D eigenvalue weighted by atomic mass is 10.2. The first-order valence-corrected chi connectivity index (χ1v) is 12.9. The number of allylic oxidation sites excluding steroid dienone is 1. The molecule has 0 saturated carbocycles. The first-order valence-electron chi connectivity index (χ1n) is 9.49. The number of thioether (sulfide) groups is 1. The molecule has 3 heterocycles. The van der Waals surface area contributed by atoms with E-state index in [0.29, 0.717) is 26.1 Å². The maximum absolute atomic E-state index is 13.4. The van der Waals surface area contributed by atoms with Crippen LogP contribution in [0.25, 0.3) is 20.7 Å². The topological polar surface area (TPSA) is 64.0 Å². The zero-order chi connectivity index (χ0) is 22.8. The molecule has 10 heteroatoms. The lowest BCUT2D eigenvalue weighted by Crippen LogP contribution is -2.26. The minimum absolute atomic E-state index is 0.146. The van der Waals surface area contributed by atoms with Crippen LogP contribution in [0.1, 0.15) is 6.92 Å². The zero-order valence-corrected chi connectivity index (χ0v) is 20.8. The fraction of sp³-hybridized carbons (Fsp3) is 0.136. The van der Waals surface area contributed by atoms with Gasteiger partial charge in [0.15, 0.2) is 5.16 Å². The average Bonchev–Trinajstić information content (AvgIpc) is 3.44. The second-order valence-corrected chi connectivity index (χ2v) is 10.7. The molecule has 0 aliphatic carbocycles. The molecule has 0 aliphatic heterocycles. The molecule has 0 radical (unpaired) electrons. The van der Waals surface area contributed by atoms with Crippen LogP contribution in [0.2, 0.25) is 10.0 Å². The highest BCUT2D eigenvalue weighted by Gasteiger charge is 2.22. The summed E-state index contributed by atoms with van der Waals surface area (Å²) in [6, 6.07) is 8.98. The number of nitrogens with one attached hydrogen (secondary N) is 1. The van der Waals surface area contributed by atoms with Gasteiger partial charge in [0, 0.05) is 22.4 Å². The van der Waals surface area contributed by atoms with E-state index in [2.05, 4.69) is 11.9 Å². The number of benzene rings is 1. The van der Waals surface area contributed by atoms with Gasteiger partial charge in [-0.2, -0.15) is 0 Å². The number of hydrogen-bond acceptors (Lipinski definition) is 6. The molecule has 0 bridgehead atoms. The molecule has 0 fully saturated rings. The van der Waals surface area contributed by atoms with Crippen molar-refractivity contribution < 1.29 is 4.79 Å². The van der Waals surface area contributed by atoms with Gasteiger partial charge in [-0.1, -0.05) is 53.2 Å². The summed E-state index contributed by atoms with van der Waals surface area (Å²) in [6.45, 7) is 5.81. The standard InChI is InChI=1S/C22H17Cl2N3O2S3/c1-3-9-27-21(29)17-13(16-8-5-10-30-16)11-31-20(17)26-22(27)32-12(2)19(28)25-15-7-4-6-14(23)18(15)24/h3-8,10-12H,1,9H2,2H3,(H,25,28). The van der Waals surface area contributed by atoms with Crippen molar-refractivity contribution in [1.82, 2.24) is 9.55 Å². The van der Waals surface area contributed by atoms with Crippen molar-refractivity contribution in [2.24, 2.45) is 0 Å². The molecule has 164 valence electrons. The Kier molecular flexibility index (Phi) is 7.07. The van der Waals surface area contributed by atoms with E-state index in [1.807, 2.05) is 22.9 Å². The molecular formula is C22H17Cl2N3O2S3. The van der Waals surface area contributed by atoms with Crippen LogP contribution in [0, 0.1) is 0 Å². The molecule has 0 saturated heterocycles. The van der Waals surface area contributed by atoms with Crippen molar-refractivity contribution in [3.63, 3.8) is 0 Å². The Morgan fingerprint density at radius 2 is 2.12 bits per heavy atom. The van der Waals surface area contributed by atoms with Gasteiger partial charge in [-0.05, 0) is 30.5 Å². The molecule has 1 unspecified atom stereocenters. The summed E-state index contributed by atoms with van der Waals surface area (Å²) in [4.78, 5) is 32.6. The number of anilines is 1. The number of nitrogens with zero attached hydrogens (tertiary/aromatic N) is 2. The number of rotatable bonds is 7. The summed E-state index contributed by atoms with van der Waals surface area (Å²) in [5.41, 5.74) is 1.17. The Balaban J connectivity index is 1.67. The lowest BCUT2D eigenvalue weighted by Gasteiger charge is -2.15. The Morgan fingerprint density at radius 1 is 1.31 bits per heavy atom. The van der Waals surface area contributed by atoms with Gasteiger partial charge in [0.2, 0.25) is 5.91 Å². The van der Waals surface area contributed by atoms with Gasteiger partial charge in [0.1, 0.15) is 4.83 Å². The number of amides is 1. The summed E-state index contributed by atoms with van der Waals surface area (Å²) in [5.74, 6) is -0.274. The number of hydrogen-bond donors (Lipinski definition) is 1. The fourth-order valence-corrected chi connectivity index (χ4v) is 6.11. The summed E-state index contributed by atoms with van der Waals surface area (Å²) in [6.07, 6.45) is 1.65. The van der Waals surface area contributed by atoms with Gasteiger partial charge in [-0.15, -0.1) is 29.3 Å². The number of carbonyl (C=O) groups excluding carboxylic acids is 1. The number of aromatic nitrogens is 2. The first kappa shape index (κ1) is 23.1. The Morgan fingerprint density at radius 3 is 2.84 bits per heavy atom. The van der Waals surface area contributed by atoms with Crippen molar-refractivity contribution in [2.45, 2.75) is 23.9 Å². The molecule has 1 amide bonds. The monoisotopic (exact) mass is 521 g/mol. The SMILES string of the molecule is C=CCn1c(SC(C)C(=O)Nc2cccc(Cl)c2Cl)nc2scc(-c3cccs3)c2c1=O. The third kappa shape index (κ3) is 4.51. The lowest BCUT2D eigenvalue weighted by molar-refractivity contribution is -0.115. The van der Waals surface area contributed by atoms with E-state index in [9.17, 15) is 9.59 Å². The van der Waals surface area contributed by atoms with Crippen LogP contribution in [0.5, 0.6) is 0 Å². The third-order valence-corrected chi connectivity index (χ3v) is 8.30. The van der Waals surface area contributed by atoms with Crippen molar-refractivity contribution in [3.8, 4) is 10.4 Å². The van der Waals surface area contributed by atoms with Crippen molar-refractivity contribution in [1.29, 1.82) is 0 Å². The average molecular weight is 523 g/mol. The molecule has 1 N–H and O–H groups in total. The van der Waals surface area contributed by atoms with Gasteiger partial charge in [-0.25, -0.2) is 4.98 Å². The van der Waals surface area contributed by atoms with E-state index in [-0.39, 0.29) is 23.0 Å². The Bertz CT molecular complexity index is 1360. The van der Waals surface area contributed by atoms with Crippen LogP contribution in [-0.4, -0.2) is 20.7 Å². The molecule has 4 aromatic rings. The van der Waals surface area contributed by atoms with Crippen LogP contribution in [0.15, 0.2) is 63.7 Å². The molecule has 1 atom stereocenters. The van der Waals surface area contributed by atoms with E-state index in [1.165, 1.54) is 23.1 Å². The molecule has 4 rings (SSSR count). The quantitative estimate of drug-likeness (QED) is 0.165. The molecular weight excluding hydrogens is 505 g/mol. The predicted molar refractivity (Wildman–Crippen MR) is 138 cm³/mol. The summed E-state index contributed by atoms with van der Waals surface area (Å²) in [7, 11) is 0. The van der Waals surface area contributed by atoms with Crippen molar-refractivity contribution in [3.05, 3.63) is 74.1 Å². The van der Waals surface area contributed by atoms with Crippen LogP contribution < -0.4 is 10.9 Å². The molecule has 32 heavy (non-hydrogen) atoms. The van der Waals surface area contributed by atoms with Gasteiger partial charge in [0.05, 0.1) is 26.4 Å². The molecule has 0 spiro atoms. The zero-order valence-electron chi connectivity index (χ0n) is 16.8. The van der Waals surface area contributed by atoms with Gasteiger partial charge in [0.25, 0.3) is 5.56 Å². The van der Waals surface area contributed by atoms with Gasteiger partial charge < -0.3 is 5.32 Å². The van der Waals surface area contributed by atoms with Gasteiger partial charge in [-0.3, -0.25) is 14.2 Å². The second-order valence-electron chi connectivity index (χ2n) is 6.76. The highest BCUT2D eigenvalue weighted by molar-refractivity contribution is 8.00. The molecule has 3 aromatic heterocycles. The highest BCUT2D eigenvalue weighted by atomic mass is 35.5. The normalized spacial score (nSPS) is 12.1. The van der Waals surface area contributed by atoms with E-state index in [4.69, 9.17) is 28.2 Å². The van der Waals surface area contributed by atoms with Crippen molar-refractivity contribution in [2.75, 3.05) is 5.32 Å². The minimum atomic E-state index is -0.540. The van der Waals surface area contributed by atoms with Crippen LogP contribution in [0.4, 0.5) is 5.69 Å². The number of carbonyl (C=O) groups is 1. The second kappa shape index (κ2) is 9.80. The number of thiophene rings is 2. The summed E-state index contributed by atoms with van der Waals surface area (Å²) < 4.78 is 1.56. The first-order chi connectivity index (χ1) is 15.4. The summed E-state index contributed by atoms with van der Waals surface area (Å²) >= 11 is 16.4. The van der Waals surface area contributed by atoms with Crippen LogP contribution >= 0.6 is 57.6 Å². The largest absolute Gasteiger partial charge is 0.324 e. The van der Waals surface area contributed by atoms with Crippen LogP contribution in [0.3, 0.4) is 0 Å². The van der Waals surface area contributed by atoms with E-state index in [0.717, 1.165) is 10.4 Å². The fourth-order valence-electron chi connectivity index (χ4n) is 3.05. The molecule has 0 aliphatic rings. The minimum Gasteiger partial charge on any atom is -0.324 e.